The minimum atomic E-state index is -0.0377. The molecule has 0 radical (unpaired) electrons. The van der Waals surface area contributed by atoms with Crippen molar-refractivity contribution in [3.05, 3.63) is 65.7 Å². The summed E-state index contributed by atoms with van der Waals surface area (Å²) in [5.41, 5.74) is 8.79. The van der Waals surface area contributed by atoms with E-state index in [0.717, 1.165) is 30.5 Å². The zero-order chi connectivity index (χ0) is 13.5. The second-order valence-corrected chi connectivity index (χ2v) is 4.73. The van der Waals surface area contributed by atoms with Gasteiger partial charge in [-0.05, 0) is 42.5 Å². The lowest BCUT2D eigenvalue weighted by molar-refractivity contribution is 0.684. The Labute approximate surface area is 114 Å². The van der Waals surface area contributed by atoms with Crippen LogP contribution in [0.5, 0.6) is 0 Å². The van der Waals surface area contributed by atoms with Crippen molar-refractivity contribution in [3.63, 3.8) is 0 Å². The van der Waals surface area contributed by atoms with E-state index in [1.54, 1.807) is 0 Å². The molecule has 2 N–H and O–H groups in total. The van der Waals surface area contributed by atoms with E-state index < -0.39 is 0 Å². The highest BCUT2D eigenvalue weighted by Crippen LogP contribution is 2.22. The Hall–Kier alpha value is -2.27. The van der Waals surface area contributed by atoms with Crippen LogP contribution in [0, 0.1) is 11.3 Å². The molecule has 2 rings (SSSR count). The maximum Gasteiger partial charge on any atom is 0.0712 e. The van der Waals surface area contributed by atoms with Gasteiger partial charge in [0.05, 0.1) is 12.0 Å². The summed E-state index contributed by atoms with van der Waals surface area (Å²) in [6.45, 7) is 0. The Kier molecular flexibility index (Phi) is 4.58. The van der Waals surface area contributed by atoms with Gasteiger partial charge in [-0.25, -0.2) is 0 Å². The lowest BCUT2D eigenvalue weighted by Crippen LogP contribution is -1.98. The topological polar surface area (TPSA) is 49.8 Å². The van der Waals surface area contributed by atoms with Gasteiger partial charge in [-0.15, -0.1) is 0 Å². The smallest absolute Gasteiger partial charge is 0.0712 e. The van der Waals surface area contributed by atoms with Crippen molar-refractivity contribution in [3.8, 4) is 6.07 Å². The second kappa shape index (κ2) is 6.61. The molecule has 2 aromatic rings. The molecule has 2 aromatic carbocycles. The fourth-order valence-electron chi connectivity index (χ4n) is 2.19. The Balaban J connectivity index is 1.90. The first kappa shape index (κ1) is 13.2. The van der Waals surface area contributed by atoms with Crippen molar-refractivity contribution in [2.75, 3.05) is 5.73 Å². The highest BCUT2D eigenvalue weighted by molar-refractivity contribution is 5.41. The van der Waals surface area contributed by atoms with Gasteiger partial charge >= 0.3 is 0 Å². The third-order valence-electron chi connectivity index (χ3n) is 3.30. The first-order valence-corrected chi connectivity index (χ1v) is 6.58. The number of hydrogen-bond acceptors (Lipinski definition) is 2. The third kappa shape index (κ3) is 3.86. The number of nitrogens with zero attached hydrogens (tertiary/aromatic N) is 1. The predicted octanol–water partition coefficient (Wildman–Crippen LogP) is 3.90. The summed E-state index contributed by atoms with van der Waals surface area (Å²) in [5.74, 6) is -0.0377. The molecule has 0 fully saturated rings. The number of nitriles is 1. The molecule has 2 heteroatoms. The zero-order valence-electron chi connectivity index (χ0n) is 10.9. The van der Waals surface area contributed by atoms with E-state index in [4.69, 9.17) is 5.73 Å². The normalized spacial score (nSPS) is 11.7. The SMILES string of the molecule is N#C[C@@H](CCCc1ccccc1)c1ccc(N)cc1. The van der Waals surface area contributed by atoms with Gasteiger partial charge in [0, 0.05) is 5.69 Å². The summed E-state index contributed by atoms with van der Waals surface area (Å²) in [4.78, 5) is 0. The molecule has 0 aromatic heterocycles. The van der Waals surface area contributed by atoms with Crippen LogP contribution in [-0.4, -0.2) is 0 Å². The summed E-state index contributed by atoms with van der Waals surface area (Å²) >= 11 is 0. The highest BCUT2D eigenvalue weighted by atomic mass is 14.5. The Morgan fingerprint density at radius 2 is 1.68 bits per heavy atom. The molecule has 96 valence electrons. The molecule has 0 aliphatic carbocycles. The lowest BCUT2D eigenvalue weighted by atomic mass is 9.93. The highest BCUT2D eigenvalue weighted by Gasteiger charge is 2.09. The molecule has 1 atom stereocenters. The van der Waals surface area contributed by atoms with Crippen LogP contribution in [0.25, 0.3) is 0 Å². The molecule has 0 aliphatic rings. The quantitative estimate of drug-likeness (QED) is 0.818. The third-order valence-corrected chi connectivity index (χ3v) is 3.30. The Morgan fingerprint density at radius 3 is 2.32 bits per heavy atom. The first-order valence-electron chi connectivity index (χ1n) is 6.58. The van der Waals surface area contributed by atoms with Gasteiger partial charge in [-0.2, -0.15) is 5.26 Å². The van der Waals surface area contributed by atoms with Gasteiger partial charge in [-0.1, -0.05) is 42.5 Å². The molecule has 0 spiro atoms. The van der Waals surface area contributed by atoms with Gasteiger partial charge in [0.25, 0.3) is 0 Å². The van der Waals surface area contributed by atoms with Crippen molar-refractivity contribution in [2.45, 2.75) is 25.2 Å². The molecular weight excluding hydrogens is 232 g/mol. The van der Waals surface area contributed by atoms with E-state index in [9.17, 15) is 5.26 Å². The first-order chi connectivity index (χ1) is 9.29. The molecule has 0 amide bonds. The predicted molar refractivity (Wildman–Crippen MR) is 78.6 cm³/mol. The van der Waals surface area contributed by atoms with Crippen LogP contribution in [-0.2, 0) is 6.42 Å². The fourth-order valence-corrected chi connectivity index (χ4v) is 2.19. The zero-order valence-corrected chi connectivity index (χ0v) is 10.9. The maximum atomic E-state index is 9.26. The van der Waals surface area contributed by atoms with Crippen LogP contribution in [0.3, 0.4) is 0 Å². The van der Waals surface area contributed by atoms with Gasteiger partial charge < -0.3 is 5.73 Å². The number of benzene rings is 2. The van der Waals surface area contributed by atoms with Crippen LogP contribution < -0.4 is 5.73 Å². The van der Waals surface area contributed by atoms with Crippen LogP contribution in [0.4, 0.5) is 5.69 Å². The van der Waals surface area contributed by atoms with E-state index >= 15 is 0 Å². The summed E-state index contributed by atoms with van der Waals surface area (Å²) < 4.78 is 0. The molecule has 19 heavy (non-hydrogen) atoms. The molecule has 0 saturated carbocycles. The number of aryl methyl sites for hydroxylation is 1. The summed E-state index contributed by atoms with van der Waals surface area (Å²) in [7, 11) is 0. The average Bonchev–Trinajstić information content (AvgIpc) is 2.46. The lowest BCUT2D eigenvalue weighted by Gasteiger charge is -2.09. The van der Waals surface area contributed by atoms with Crippen molar-refractivity contribution in [1.29, 1.82) is 5.26 Å². The average molecular weight is 250 g/mol. The van der Waals surface area contributed by atoms with E-state index in [1.165, 1.54) is 5.56 Å². The Bertz CT molecular complexity index is 538. The summed E-state index contributed by atoms with van der Waals surface area (Å²) in [5, 5.41) is 9.26. The standard InChI is InChI=1S/C17H18N2/c18-13-16(15-9-11-17(19)12-10-15)8-4-7-14-5-2-1-3-6-14/h1-3,5-6,9-12,16H,4,7-8,19H2/t16-/m1/s1. The summed E-state index contributed by atoms with van der Waals surface area (Å²) in [6.07, 6.45) is 2.93. The second-order valence-electron chi connectivity index (χ2n) is 4.73. The molecular formula is C17H18N2. The molecule has 0 unspecified atom stereocenters. The van der Waals surface area contributed by atoms with Crippen LogP contribution >= 0.6 is 0 Å². The van der Waals surface area contributed by atoms with E-state index in [2.05, 4.69) is 30.3 Å². The number of nitrogens with two attached hydrogens (primary N) is 1. The fraction of sp³-hybridized carbons (Fsp3) is 0.235. The number of anilines is 1. The number of nitrogen functional groups attached to an aromatic ring is 1. The van der Waals surface area contributed by atoms with Crippen molar-refractivity contribution >= 4 is 5.69 Å². The molecule has 0 heterocycles. The number of hydrogen-bond donors (Lipinski definition) is 1. The van der Waals surface area contributed by atoms with Gasteiger partial charge in [0.15, 0.2) is 0 Å². The van der Waals surface area contributed by atoms with Crippen LogP contribution in [0.2, 0.25) is 0 Å². The van der Waals surface area contributed by atoms with Crippen LogP contribution in [0.1, 0.15) is 29.9 Å². The van der Waals surface area contributed by atoms with Crippen molar-refractivity contribution < 1.29 is 0 Å². The molecule has 0 aliphatic heterocycles. The number of rotatable bonds is 5. The monoisotopic (exact) mass is 250 g/mol. The van der Waals surface area contributed by atoms with Crippen molar-refractivity contribution in [1.82, 2.24) is 0 Å². The van der Waals surface area contributed by atoms with E-state index in [0.29, 0.717) is 0 Å². The van der Waals surface area contributed by atoms with E-state index in [-0.39, 0.29) is 5.92 Å². The maximum absolute atomic E-state index is 9.26. The molecule has 2 nitrogen and oxygen atoms in total. The minimum Gasteiger partial charge on any atom is -0.399 e. The van der Waals surface area contributed by atoms with Gasteiger partial charge in [0.2, 0.25) is 0 Å². The minimum absolute atomic E-state index is 0.0377. The molecule has 0 bridgehead atoms. The molecule has 0 saturated heterocycles. The van der Waals surface area contributed by atoms with Gasteiger partial charge in [0.1, 0.15) is 0 Å². The summed E-state index contributed by atoms with van der Waals surface area (Å²) in [6, 6.07) is 20.4. The van der Waals surface area contributed by atoms with Gasteiger partial charge in [-0.3, -0.25) is 0 Å². The van der Waals surface area contributed by atoms with Crippen LogP contribution in [0.15, 0.2) is 54.6 Å². The Morgan fingerprint density at radius 1 is 1.00 bits per heavy atom. The van der Waals surface area contributed by atoms with E-state index in [1.807, 2.05) is 30.3 Å². The largest absolute Gasteiger partial charge is 0.399 e. The van der Waals surface area contributed by atoms with Crippen molar-refractivity contribution in [2.24, 2.45) is 0 Å².